The van der Waals surface area contributed by atoms with Crippen LogP contribution < -0.4 is 11.3 Å². The number of amides is 1. The molecule has 0 aliphatic rings. The summed E-state index contributed by atoms with van der Waals surface area (Å²) >= 11 is 0. The van der Waals surface area contributed by atoms with Crippen molar-refractivity contribution < 1.29 is 14.3 Å². The lowest BCUT2D eigenvalue weighted by molar-refractivity contribution is -0.146. The number of pyridine rings is 1. The van der Waals surface area contributed by atoms with Gasteiger partial charge in [0.2, 0.25) is 5.91 Å². The lowest BCUT2D eigenvalue weighted by atomic mass is 10.2. The minimum absolute atomic E-state index is 0.117. The summed E-state index contributed by atoms with van der Waals surface area (Å²) in [5, 5.41) is 0. The predicted molar refractivity (Wildman–Crippen MR) is 73.9 cm³/mol. The number of carbonyl (C=O) groups excluding carboxylic acids is 2. The summed E-state index contributed by atoms with van der Waals surface area (Å²) < 4.78 is 5.83. The highest BCUT2D eigenvalue weighted by molar-refractivity contribution is 5.77. The van der Waals surface area contributed by atoms with Crippen molar-refractivity contribution in [2.24, 2.45) is 5.92 Å². The van der Waals surface area contributed by atoms with Crippen LogP contribution in [-0.2, 0) is 20.9 Å². The van der Waals surface area contributed by atoms with Crippen molar-refractivity contribution in [1.29, 1.82) is 0 Å². The first kappa shape index (κ1) is 15.7. The molecule has 20 heavy (non-hydrogen) atoms. The Morgan fingerprint density at radius 3 is 2.70 bits per heavy atom. The van der Waals surface area contributed by atoms with Crippen molar-refractivity contribution in [3.05, 3.63) is 28.7 Å². The molecule has 7 nitrogen and oxygen atoms in total. The van der Waals surface area contributed by atoms with Gasteiger partial charge < -0.3 is 19.9 Å². The molecule has 2 N–H and O–H groups in total. The molecule has 1 aromatic rings. The van der Waals surface area contributed by atoms with E-state index in [0.717, 1.165) is 0 Å². The molecule has 0 fully saturated rings. The molecule has 1 aromatic heterocycles. The van der Waals surface area contributed by atoms with Crippen LogP contribution in [0.25, 0.3) is 0 Å². The third kappa shape index (κ3) is 4.11. The number of methoxy groups -OCH3 is 1. The maximum atomic E-state index is 12.0. The van der Waals surface area contributed by atoms with E-state index in [1.165, 1.54) is 34.9 Å². The topological polar surface area (TPSA) is 94.6 Å². The SMILES string of the molecule is COC(=O)C(C)CN(C)C(=O)Cn1cc(N)ccc1=O. The maximum absolute atomic E-state index is 12.0. The number of hydrogen-bond donors (Lipinski definition) is 1. The van der Waals surface area contributed by atoms with Gasteiger partial charge in [0.25, 0.3) is 5.56 Å². The van der Waals surface area contributed by atoms with Gasteiger partial charge in [-0.1, -0.05) is 6.92 Å². The Balaban J connectivity index is 2.69. The predicted octanol–water partition coefficient (Wildman–Crippen LogP) is -0.302. The Morgan fingerprint density at radius 1 is 1.45 bits per heavy atom. The van der Waals surface area contributed by atoms with E-state index in [1.807, 2.05) is 0 Å². The molecule has 0 radical (unpaired) electrons. The summed E-state index contributed by atoms with van der Waals surface area (Å²) in [7, 11) is 2.87. The van der Waals surface area contributed by atoms with Gasteiger partial charge in [-0.25, -0.2) is 0 Å². The van der Waals surface area contributed by atoms with Gasteiger partial charge in [-0.3, -0.25) is 14.4 Å². The Kier molecular flexibility index (Phi) is 5.31. The molecule has 0 bridgehead atoms. The van der Waals surface area contributed by atoms with Crippen LogP contribution in [0.15, 0.2) is 23.1 Å². The number of aromatic nitrogens is 1. The first-order valence-corrected chi connectivity index (χ1v) is 6.13. The number of nitrogens with two attached hydrogens (primary N) is 1. The van der Waals surface area contributed by atoms with Crippen LogP contribution in [0.1, 0.15) is 6.92 Å². The van der Waals surface area contributed by atoms with E-state index in [2.05, 4.69) is 4.74 Å². The van der Waals surface area contributed by atoms with Crippen LogP contribution in [0.2, 0.25) is 0 Å². The fraction of sp³-hybridized carbons (Fsp3) is 0.462. The van der Waals surface area contributed by atoms with E-state index in [0.29, 0.717) is 5.69 Å². The lowest BCUT2D eigenvalue weighted by Crippen LogP contribution is -2.37. The zero-order valence-corrected chi connectivity index (χ0v) is 11.8. The van der Waals surface area contributed by atoms with Gasteiger partial charge in [-0.2, -0.15) is 0 Å². The van der Waals surface area contributed by atoms with Crippen molar-refractivity contribution in [3.8, 4) is 0 Å². The average molecular weight is 281 g/mol. The number of esters is 1. The number of rotatable bonds is 5. The zero-order valence-electron chi connectivity index (χ0n) is 11.8. The second kappa shape index (κ2) is 6.74. The molecular formula is C13H19N3O4. The molecule has 0 aliphatic heterocycles. The molecule has 0 spiro atoms. The third-order valence-corrected chi connectivity index (χ3v) is 2.89. The molecule has 1 unspecified atom stereocenters. The van der Waals surface area contributed by atoms with Crippen LogP contribution in [0.4, 0.5) is 5.69 Å². The molecule has 0 saturated carbocycles. The number of hydrogen-bond acceptors (Lipinski definition) is 5. The van der Waals surface area contributed by atoms with Crippen LogP contribution >= 0.6 is 0 Å². The highest BCUT2D eigenvalue weighted by Crippen LogP contribution is 2.02. The molecule has 0 saturated heterocycles. The lowest BCUT2D eigenvalue weighted by Gasteiger charge is -2.20. The highest BCUT2D eigenvalue weighted by Gasteiger charge is 2.19. The zero-order chi connectivity index (χ0) is 15.3. The maximum Gasteiger partial charge on any atom is 0.310 e. The minimum atomic E-state index is -0.425. The largest absolute Gasteiger partial charge is 0.469 e. The fourth-order valence-corrected chi connectivity index (χ4v) is 1.73. The number of nitrogen functional groups attached to an aromatic ring is 1. The van der Waals surface area contributed by atoms with Gasteiger partial charge >= 0.3 is 5.97 Å². The van der Waals surface area contributed by atoms with Gasteiger partial charge in [0, 0.05) is 31.5 Å². The minimum Gasteiger partial charge on any atom is -0.469 e. The van der Waals surface area contributed by atoms with Crippen molar-refractivity contribution in [2.75, 3.05) is 26.4 Å². The highest BCUT2D eigenvalue weighted by atomic mass is 16.5. The summed E-state index contributed by atoms with van der Waals surface area (Å²) in [6.45, 7) is 1.78. The molecule has 7 heteroatoms. The average Bonchev–Trinajstić information content (AvgIpc) is 2.41. The molecule has 110 valence electrons. The second-order valence-corrected chi connectivity index (χ2v) is 4.63. The molecule has 1 rings (SSSR count). The van der Waals surface area contributed by atoms with Gasteiger partial charge in [-0.05, 0) is 6.07 Å². The number of carbonyl (C=O) groups is 2. The van der Waals surface area contributed by atoms with Crippen LogP contribution in [0.5, 0.6) is 0 Å². The first-order chi connectivity index (χ1) is 9.35. The van der Waals surface area contributed by atoms with Crippen LogP contribution in [0.3, 0.4) is 0 Å². The van der Waals surface area contributed by atoms with Crippen molar-refractivity contribution in [2.45, 2.75) is 13.5 Å². The van der Waals surface area contributed by atoms with Crippen molar-refractivity contribution in [3.63, 3.8) is 0 Å². The number of ether oxygens (including phenoxy) is 1. The van der Waals surface area contributed by atoms with Crippen molar-refractivity contribution in [1.82, 2.24) is 9.47 Å². The molecule has 1 heterocycles. The standard InChI is InChI=1S/C13H19N3O4/c1-9(13(19)20-3)6-15(2)12(18)8-16-7-10(14)4-5-11(16)17/h4-5,7,9H,6,8,14H2,1-3H3. The normalized spacial score (nSPS) is 11.8. The third-order valence-electron chi connectivity index (χ3n) is 2.89. The summed E-state index contributed by atoms with van der Waals surface area (Å²) in [5.74, 6) is -1.09. The smallest absolute Gasteiger partial charge is 0.310 e. The summed E-state index contributed by atoms with van der Waals surface area (Å²) in [5.41, 5.74) is 5.67. The van der Waals surface area contributed by atoms with Gasteiger partial charge in [0.05, 0.1) is 13.0 Å². The van der Waals surface area contributed by atoms with E-state index in [1.54, 1.807) is 14.0 Å². The monoisotopic (exact) mass is 281 g/mol. The first-order valence-electron chi connectivity index (χ1n) is 6.13. The molecular weight excluding hydrogens is 262 g/mol. The van der Waals surface area contributed by atoms with Crippen molar-refractivity contribution >= 4 is 17.6 Å². The molecule has 0 aliphatic carbocycles. The molecule has 1 amide bonds. The van der Waals surface area contributed by atoms with Crippen LogP contribution in [0, 0.1) is 5.92 Å². The Labute approximate surface area is 116 Å². The summed E-state index contributed by atoms with van der Waals surface area (Å²) in [4.78, 5) is 36.2. The Hall–Kier alpha value is -2.31. The van der Waals surface area contributed by atoms with E-state index >= 15 is 0 Å². The Bertz CT molecular complexity index is 553. The molecule has 1 atom stereocenters. The fourth-order valence-electron chi connectivity index (χ4n) is 1.73. The van der Waals surface area contributed by atoms with E-state index in [9.17, 15) is 14.4 Å². The number of anilines is 1. The number of nitrogens with zero attached hydrogens (tertiary/aromatic N) is 2. The molecule has 0 aromatic carbocycles. The quantitative estimate of drug-likeness (QED) is 0.748. The van der Waals surface area contributed by atoms with Gasteiger partial charge in [-0.15, -0.1) is 0 Å². The van der Waals surface area contributed by atoms with E-state index in [-0.39, 0.29) is 30.5 Å². The number of likely N-dealkylation sites (N-methyl/N-ethyl adjacent to an activating group) is 1. The second-order valence-electron chi connectivity index (χ2n) is 4.63. The van der Waals surface area contributed by atoms with Crippen LogP contribution in [-0.4, -0.2) is 42.0 Å². The van der Waals surface area contributed by atoms with E-state index < -0.39 is 5.92 Å². The van der Waals surface area contributed by atoms with Gasteiger partial charge in [0.15, 0.2) is 0 Å². The summed E-state index contributed by atoms with van der Waals surface area (Å²) in [6.07, 6.45) is 1.41. The van der Waals surface area contributed by atoms with Gasteiger partial charge in [0.1, 0.15) is 6.54 Å². The van der Waals surface area contributed by atoms with E-state index in [4.69, 9.17) is 5.73 Å². The Morgan fingerprint density at radius 2 is 2.10 bits per heavy atom. The summed E-state index contributed by atoms with van der Waals surface area (Å²) in [6, 6.07) is 2.78.